The van der Waals surface area contributed by atoms with Crippen molar-refractivity contribution in [3.8, 4) is 17.2 Å². The van der Waals surface area contributed by atoms with Crippen LogP contribution >= 0.6 is 0 Å². The van der Waals surface area contributed by atoms with Crippen LogP contribution in [-0.4, -0.2) is 42.2 Å². The SMILES string of the molecule is CCOC(=O)C[C@@H]1CCCCN1Cc1nc(-c2ccc(OC)cc2F)oc1C. The van der Waals surface area contributed by atoms with E-state index in [2.05, 4.69) is 9.88 Å². The molecule has 1 saturated heterocycles. The van der Waals surface area contributed by atoms with E-state index in [1.54, 1.807) is 12.1 Å². The number of rotatable bonds is 7. The predicted octanol–water partition coefficient (Wildman–Crippen LogP) is 4.11. The molecule has 0 bridgehead atoms. The zero-order valence-electron chi connectivity index (χ0n) is 16.7. The monoisotopic (exact) mass is 390 g/mol. The Bertz CT molecular complexity index is 821. The first-order valence-corrected chi connectivity index (χ1v) is 9.71. The Morgan fingerprint density at radius 1 is 1.39 bits per heavy atom. The zero-order valence-corrected chi connectivity index (χ0v) is 16.7. The van der Waals surface area contributed by atoms with E-state index in [1.165, 1.54) is 13.2 Å². The molecule has 152 valence electrons. The number of nitrogens with zero attached hydrogens (tertiary/aromatic N) is 2. The van der Waals surface area contributed by atoms with E-state index in [0.717, 1.165) is 31.5 Å². The van der Waals surface area contributed by atoms with Crippen LogP contribution in [0.3, 0.4) is 0 Å². The second-order valence-electron chi connectivity index (χ2n) is 7.00. The van der Waals surface area contributed by atoms with Gasteiger partial charge in [-0.15, -0.1) is 0 Å². The maximum Gasteiger partial charge on any atom is 0.307 e. The Labute approximate surface area is 164 Å². The molecule has 1 aliphatic rings. The van der Waals surface area contributed by atoms with Gasteiger partial charge in [-0.25, -0.2) is 9.37 Å². The molecule has 0 unspecified atom stereocenters. The van der Waals surface area contributed by atoms with E-state index in [1.807, 2.05) is 13.8 Å². The Morgan fingerprint density at radius 2 is 2.21 bits per heavy atom. The Balaban J connectivity index is 1.76. The number of likely N-dealkylation sites (tertiary alicyclic amines) is 1. The molecule has 0 radical (unpaired) electrons. The van der Waals surface area contributed by atoms with Gasteiger partial charge in [-0.2, -0.15) is 0 Å². The number of ether oxygens (including phenoxy) is 2. The number of esters is 1. The fraction of sp³-hybridized carbons (Fsp3) is 0.524. The van der Waals surface area contributed by atoms with Gasteiger partial charge in [0.25, 0.3) is 0 Å². The summed E-state index contributed by atoms with van der Waals surface area (Å²) >= 11 is 0. The minimum absolute atomic E-state index is 0.130. The fourth-order valence-electron chi connectivity index (χ4n) is 3.59. The number of aromatic nitrogens is 1. The summed E-state index contributed by atoms with van der Waals surface area (Å²) in [6, 6.07) is 4.73. The molecule has 1 aliphatic heterocycles. The van der Waals surface area contributed by atoms with E-state index < -0.39 is 5.82 Å². The van der Waals surface area contributed by atoms with Crippen molar-refractivity contribution in [1.29, 1.82) is 0 Å². The van der Waals surface area contributed by atoms with Crippen molar-refractivity contribution in [3.63, 3.8) is 0 Å². The lowest BCUT2D eigenvalue weighted by Gasteiger charge is -2.34. The van der Waals surface area contributed by atoms with Crippen LogP contribution in [-0.2, 0) is 16.1 Å². The second-order valence-corrected chi connectivity index (χ2v) is 7.00. The average molecular weight is 390 g/mol. The number of aryl methyl sites for hydroxylation is 1. The third-order valence-electron chi connectivity index (χ3n) is 5.11. The number of methoxy groups -OCH3 is 1. The van der Waals surface area contributed by atoms with Crippen LogP contribution in [0.15, 0.2) is 22.6 Å². The molecular weight excluding hydrogens is 363 g/mol. The second kappa shape index (κ2) is 9.19. The minimum atomic E-state index is -0.440. The molecule has 1 atom stereocenters. The highest BCUT2D eigenvalue weighted by Gasteiger charge is 2.27. The molecule has 0 N–H and O–H groups in total. The molecule has 7 heteroatoms. The summed E-state index contributed by atoms with van der Waals surface area (Å²) in [5.41, 5.74) is 1.07. The zero-order chi connectivity index (χ0) is 20.1. The van der Waals surface area contributed by atoms with E-state index in [9.17, 15) is 9.18 Å². The van der Waals surface area contributed by atoms with Gasteiger partial charge in [0.05, 0.1) is 31.4 Å². The summed E-state index contributed by atoms with van der Waals surface area (Å²) in [6.07, 6.45) is 3.51. The molecule has 0 saturated carbocycles. The van der Waals surface area contributed by atoms with Crippen molar-refractivity contribution in [2.24, 2.45) is 0 Å². The smallest absolute Gasteiger partial charge is 0.307 e. The van der Waals surface area contributed by atoms with Gasteiger partial charge in [0.1, 0.15) is 17.3 Å². The summed E-state index contributed by atoms with van der Waals surface area (Å²) in [7, 11) is 1.49. The molecule has 0 aliphatic carbocycles. The molecule has 2 heterocycles. The number of piperidine rings is 1. The third-order valence-corrected chi connectivity index (χ3v) is 5.11. The molecular formula is C21H27FN2O4. The van der Waals surface area contributed by atoms with E-state index in [0.29, 0.717) is 36.6 Å². The van der Waals surface area contributed by atoms with Crippen LogP contribution < -0.4 is 4.74 Å². The van der Waals surface area contributed by atoms with Crippen molar-refractivity contribution in [2.45, 2.75) is 52.1 Å². The van der Waals surface area contributed by atoms with Crippen molar-refractivity contribution >= 4 is 5.97 Å². The van der Waals surface area contributed by atoms with Gasteiger partial charge in [-0.3, -0.25) is 9.69 Å². The Morgan fingerprint density at radius 3 is 2.93 bits per heavy atom. The molecule has 0 amide bonds. The summed E-state index contributed by atoms with van der Waals surface area (Å²) in [5, 5.41) is 0. The van der Waals surface area contributed by atoms with Gasteiger partial charge in [0, 0.05) is 18.7 Å². The van der Waals surface area contributed by atoms with Crippen LogP contribution in [0.25, 0.3) is 11.5 Å². The average Bonchev–Trinajstić information content (AvgIpc) is 3.03. The van der Waals surface area contributed by atoms with Gasteiger partial charge >= 0.3 is 5.97 Å². The lowest BCUT2D eigenvalue weighted by molar-refractivity contribution is -0.145. The number of halogens is 1. The van der Waals surface area contributed by atoms with Crippen LogP contribution in [0.4, 0.5) is 4.39 Å². The van der Waals surface area contributed by atoms with Crippen LogP contribution in [0.5, 0.6) is 5.75 Å². The molecule has 2 aromatic rings. The lowest BCUT2D eigenvalue weighted by Crippen LogP contribution is -2.40. The molecule has 0 spiro atoms. The van der Waals surface area contributed by atoms with Gasteiger partial charge in [-0.1, -0.05) is 6.42 Å². The summed E-state index contributed by atoms with van der Waals surface area (Å²) < 4.78 is 30.2. The molecule has 1 fully saturated rings. The number of oxazole rings is 1. The lowest BCUT2D eigenvalue weighted by atomic mass is 9.99. The summed E-state index contributed by atoms with van der Waals surface area (Å²) in [6.45, 7) is 5.50. The maximum absolute atomic E-state index is 14.4. The van der Waals surface area contributed by atoms with E-state index >= 15 is 0 Å². The number of carbonyl (C=O) groups is 1. The standard InChI is InChI=1S/C21H27FN2O4/c1-4-27-20(25)11-15-7-5-6-10-24(15)13-19-14(2)28-21(23-19)17-9-8-16(26-3)12-18(17)22/h8-9,12,15H,4-7,10-11,13H2,1-3H3/t15-/m0/s1. The van der Waals surface area contributed by atoms with Crippen molar-refractivity contribution in [1.82, 2.24) is 9.88 Å². The molecule has 6 nitrogen and oxygen atoms in total. The van der Waals surface area contributed by atoms with Crippen LogP contribution in [0.2, 0.25) is 0 Å². The van der Waals surface area contributed by atoms with Gasteiger partial charge < -0.3 is 13.9 Å². The highest BCUT2D eigenvalue weighted by atomic mass is 19.1. The number of hydrogen-bond donors (Lipinski definition) is 0. The molecule has 28 heavy (non-hydrogen) atoms. The summed E-state index contributed by atoms with van der Waals surface area (Å²) in [5.74, 6) is 0.750. The van der Waals surface area contributed by atoms with Gasteiger partial charge in [-0.05, 0) is 45.4 Å². The topological polar surface area (TPSA) is 64.8 Å². The number of benzene rings is 1. The normalized spacial score (nSPS) is 17.5. The van der Waals surface area contributed by atoms with Crippen molar-refractivity contribution < 1.29 is 23.1 Å². The first-order chi connectivity index (χ1) is 13.5. The van der Waals surface area contributed by atoms with Crippen molar-refractivity contribution in [3.05, 3.63) is 35.5 Å². The quantitative estimate of drug-likeness (QED) is 0.663. The first-order valence-electron chi connectivity index (χ1n) is 9.71. The van der Waals surface area contributed by atoms with Crippen molar-refractivity contribution in [2.75, 3.05) is 20.3 Å². The molecule has 1 aromatic carbocycles. The maximum atomic E-state index is 14.4. The molecule has 1 aromatic heterocycles. The predicted molar refractivity (Wildman–Crippen MR) is 102 cm³/mol. The van der Waals surface area contributed by atoms with Gasteiger partial charge in [0.15, 0.2) is 0 Å². The number of carbonyl (C=O) groups excluding carboxylic acids is 1. The Hall–Kier alpha value is -2.41. The van der Waals surface area contributed by atoms with Gasteiger partial charge in [0.2, 0.25) is 5.89 Å². The highest BCUT2D eigenvalue weighted by molar-refractivity contribution is 5.70. The fourth-order valence-corrected chi connectivity index (χ4v) is 3.59. The first kappa shape index (κ1) is 20.3. The largest absolute Gasteiger partial charge is 0.497 e. The highest BCUT2D eigenvalue weighted by Crippen LogP contribution is 2.29. The molecule has 3 rings (SSSR count). The van der Waals surface area contributed by atoms with E-state index in [4.69, 9.17) is 13.9 Å². The third kappa shape index (κ3) is 4.70. The number of hydrogen-bond acceptors (Lipinski definition) is 6. The van der Waals surface area contributed by atoms with Crippen LogP contribution in [0, 0.1) is 12.7 Å². The van der Waals surface area contributed by atoms with Crippen LogP contribution in [0.1, 0.15) is 44.1 Å². The Kier molecular flexibility index (Phi) is 6.67. The summed E-state index contributed by atoms with van der Waals surface area (Å²) in [4.78, 5) is 18.7. The van der Waals surface area contributed by atoms with E-state index in [-0.39, 0.29) is 17.9 Å². The minimum Gasteiger partial charge on any atom is -0.497 e.